The molecule has 1 aliphatic carbocycles. The summed E-state index contributed by atoms with van der Waals surface area (Å²) in [7, 11) is 0. The van der Waals surface area contributed by atoms with E-state index in [2.05, 4.69) is 48.6 Å². The summed E-state index contributed by atoms with van der Waals surface area (Å²) in [5, 5.41) is 2.80. The third-order valence-electron chi connectivity index (χ3n) is 2.66. The van der Waals surface area contributed by atoms with Gasteiger partial charge in [-0.3, -0.25) is 4.70 Å². The molecule has 0 atom stereocenters. The molecule has 1 aliphatic rings. The molecule has 0 N–H and O–H groups in total. The number of allylic oxidation sites excluding steroid dienone is 1. The van der Waals surface area contributed by atoms with Crippen molar-refractivity contribution in [1.29, 1.82) is 0 Å². The summed E-state index contributed by atoms with van der Waals surface area (Å²) in [5.74, 6) is 0. The fourth-order valence-electron chi connectivity index (χ4n) is 2.07. The maximum Gasteiger partial charge on any atom is -0.00763 e. The Kier molecular flexibility index (Phi) is 3.42. The molecule has 0 radical (unpaired) electrons. The summed E-state index contributed by atoms with van der Waals surface area (Å²) in [5.41, 5.74) is 2.81. The highest BCUT2D eigenvalue weighted by Crippen LogP contribution is 2.27. The molecule has 0 amide bonds. The normalized spacial score (nSPS) is 11.7. The van der Waals surface area contributed by atoms with Crippen LogP contribution in [0.4, 0.5) is 4.70 Å². The molecule has 78 valence electrons. The Morgan fingerprint density at radius 3 is 2.47 bits per heavy atom. The minimum Gasteiger partial charge on any atom is -0.269 e. The molecule has 0 aromatic heterocycles. The van der Waals surface area contributed by atoms with E-state index in [1.807, 2.05) is 0 Å². The van der Waals surface area contributed by atoms with Crippen LogP contribution in [0.3, 0.4) is 0 Å². The zero-order valence-corrected chi connectivity index (χ0v) is 7.73. The highest BCUT2D eigenvalue weighted by Gasteiger charge is 2.06. The predicted octanol–water partition coefficient (Wildman–Crippen LogP) is 2.11. The van der Waals surface area contributed by atoms with Crippen molar-refractivity contribution >= 4 is 27.8 Å². The zero-order valence-electron chi connectivity index (χ0n) is 7.73. The molecule has 2 heteroatoms. The van der Waals surface area contributed by atoms with Gasteiger partial charge in [0, 0.05) is 0 Å². The van der Waals surface area contributed by atoms with Gasteiger partial charge in [-0.05, 0) is 39.3 Å². The van der Waals surface area contributed by atoms with Crippen LogP contribution in [-0.2, 0) is 6.42 Å². The summed E-state index contributed by atoms with van der Waals surface area (Å²) in [4.78, 5) is 0. The summed E-state index contributed by atoms with van der Waals surface area (Å²) < 4.78 is 0. The smallest absolute Gasteiger partial charge is 0.00763 e. The SMILES string of the molecule is C1=Cc2cccc3cccc(c23)C1.F.[SiH4]. The fraction of sp³-hybridized carbons (Fsp3) is 0.0769. The monoisotopic (exact) mass is 218 g/mol. The first-order valence-electron chi connectivity index (χ1n) is 4.62. The Hall–Kier alpha value is -1.41. The molecule has 0 bridgehead atoms. The molecular formula is C13H15FSi. The van der Waals surface area contributed by atoms with E-state index in [-0.39, 0.29) is 15.7 Å². The number of benzene rings is 2. The third-order valence-corrected chi connectivity index (χ3v) is 2.66. The average molecular weight is 218 g/mol. The first-order valence-corrected chi connectivity index (χ1v) is 4.62. The molecular weight excluding hydrogens is 203 g/mol. The lowest BCUT2D eigenvalue weighted by molar-refractivity contribution is 1.11. The van der Waals surface area contributed by atoms with Gasteiger partial charge in [0.05, 0.1) is 0 Å². The Morgan fingerprint density at radius 2 is 1.67 bits per heavy atom. The van der Waals surface area contributed by atoms with Gasteiger partial charge >= 0.3 is 0 Å². The van der Waals surface area contributed by atoms with Crippen molar-refractivity contribution in [1.82, 2.24) is 0 Å². The average Bonchev–Trinajstić information content (AvgIpc) is 2.19. The van der Waals surface area contributed by atoms with Crippen molar-refractivity contribution in [3.8, 4) is 0 Å². The minimum absolute atomic E-state index is 0. The first-order chi connectivity index (χ1) is 6.45. The van der Waals surface area contributed by atoms with Crippen LogP contribution < -0.4 is 0 Å². The molecule has 15 heavy (non-hydrogen) atoms. The van der Waals surface area contributed by atoms with Crippen LogP contribution in [0.5, 0.6) is 0 Å². The molecule has 0 aliphatic heterocycles. The molecule has 2 aromatic carbocycles. The number of hydrogen-bond donors (Lipinski definition) is 0. The number of halogens is 1. The number of hydrogen-bond acceptors (Lipinski definition) is 0. The van der Waals surface area contributed by atoms with Gasteiger partial charge in [0.25, 0.3) is 0 Å². The van der Waals surface area contributed by atoms with Crippen molar-refractivity contribution < 1.29 is 4.70 Å². The summed E-state index contributed by atoms with van der Waals surface area (Å²) in [6.07, 6.45) is 5.53. The van der Waals surface area contributed by atoms with Crippen molar-refractivity contribution in [3.63, 3.8) is 0 Å². The van der Waals surface area contributed by atoms with E-state index in [4.69, 9.17) is 0 Å². The van der Waals surface area contributed by atoms with Crippen LogP contribution >= 0.6 is 0 Å². The van der Waals surface area contributed by atoms with E-state index >= 15 is 0 Å². The lowest BCUT2D eigenvalue weighted by Gasteiger charge is -2.11. The second-order valence-electron chi connectivity index (χ2n) is 3.47. The van der Waals surface area contributed by atoms with Gasteiger partial charge in [0.15, 0.2) is 0 Å². The maximum absolute atomic E-state index is 2.23. The zero-order chi connectivity index (χ0) is 8.67. The van der Waals surface area contributed by atoms with Gasteiger partial charge in [-0.25, -0.2) is 0 Å². The molecule has 0 saturated carbocycles. The molecule has 3 rings (SSSR count). The Labute approximate surface area is 93.0 Å². The van der Waals surface area contributed by atoms with Crippen molar-refractivity contribution in [3.05, 3.63) is 53.6 Å². The molecule has 0 nitrogen and oxygen atoms in total. The molecule has 0 unspecified atom stereocenters. The third kappa shape index (κ3) is 1.73. The van der Waals surface area contributed by atoms with Gasteiger partial charge in [-0.2, -0.15) is 0 Å². The van der Waals surface area contributed by atoms with E-state index in [0.717, 1.165) is 6.42 Å². The predicted molar refractivity (Wildman–Crippen MR) is 70.5 cm³/mol. The van der Waals surface area contributed by atoms with Gasteiger partial charge in [0.1, 0.15) is 0 Å². The van der Waals surface area contributed by atoms with E-state index < -0.39 is 0 Å². The summed E-state index contributed by atoms with van der Waals surface area (Å²) in [6.45, 7) is 0. The number of rotatable bonds is 0. The van der Waals surface area contributed by atoms with Crippen molar-refractivity contribution in [2.24, 2.45) is 0 Å². The quantitative estimate of drug-likeness (QED) is 0.594. The molecule has 2 aromatic rings. The maximum atomic E-state index is 2.23. The first kappa shape index (κ1) is 11.7. The Morgan fingerprint density at radius 1 is 0.933 bits per heavy atom. The van der Waals surface area contributed by atoms with Gasteiger partial charge in [-0.1, -0.05) is 48.6 Å². The molecule has 0 saturated heterocycles. The fourth-order valence-corrected chi connectivity index (χ4v) is 2.07. The minimum atomic E-state index is 0. The van der Waals surface area contributed by atoms with Crippen molar-refractivity contribution in [2.75, 3.05) is 0 Å². The van der Waals surface area contributed by atoms with Crippen LogP contribution in [0.1, 0.15) is 11.1 Å². The highest BCUT2D eigenvalue weighted by atomic mass is 28.1. The van der Waals surface area contributed by atoms with Gasteiger partial charge in [0.2, 0.25) is 0 Å². The highest BCUT2D eigenvalue weighted by molar-refractivity contribution is 5.94. The topological polar surface area (TPSA) is 0 Å². The summed E-state index contributed by atoms with van der Waals surface area (Å²) in [6, 6.07) is 13.0. The van der Waals surface area contributed by atoms with Crippen LogP contribution in [0, 0.1) is 0 Å². The van der Waals surface area contributed by atoms with Crippen LogP contribution in [0.25, 0.3) is 16.8 Å². The van der Waals surface area contributed by atoms with Crippen LogP contribution in [0.15, 0.2) is 42.5 Å². The van der Waals surface area contributed by atoms with Crippen LogP contribution in [-0.4, -0.2) is 11.0 Å². The van der Waals surface area contributed by atoms with Crippen molar-refractivity contribution in [2.45, 2.75) is 6.42 Å². The van der Waals surface area contributed by atoms with E-state index in [0.29, 0.717) is 0 Å². The largest absolute Gasteiger partial charge is 0.269 e. The van der Waals surface area contributed by atoms with Gasteiger partial charge < -0.3 is 0 Å². The second kappa shape index (κ2) is 4.40. The van der Waals surface area contributed by atoms with E-state index in [1.165, 1.54) is 21.9 Å². The lowest BCUT2D eigenvalue weighted by Crippen LogP contribution is -1.91. The van der Waals surface area contributed by atoms with E-state index in [1.54, 1.807) is 0 Å². The Bertz CT molecular complexity index is 498. The second-order valence-corrected chi connectivity index (χ2v) is 3.47. The summed E-state index contributed by atoms with van der Waals surface area (Å²) >= 11 is 0. The Balaban J connectivity index is 0.000000562. The van der Waals surface area contributed by atoms with Crippen LogP contribution in [0.2, 0.25) is 0 Å². The lowest BCUT2D eigenvalue weighted by atomic mass is 9.93. The molecule has 0 fully saturated rings. The standard InChI is InChI=1S/C13H10.FH.H4Si/c1-4-10-6-2-8-12-9-3-7-11(5-1)13(10)12;;/h1-8H,9H2;1H;1H4. The van der Waals surface area contributed by atoms with Gasteiger partial charge in [-0.15, -0.1) is 0 Å². The van der Waals surface area contributed by atoms with E-state index in [9.17, 15) is 0 Å². The molecule has 0 spiro atoms. The molecule has 0 heterocycles.